The summed E-state index contributed by atoms with van der Waals surface area (Å²) < 4.78 is 13.3. The number of carbonyl (C=O) groups is 2. The molecule has 2 aliphatic heterocycles. The maximum absolute atomic E-state index is 13.3. The molecule has 5 nitrogen and oxygen atoms in total. The lowest BCUT2D eigenvalue weighted by Crippen LogP contribution is -2.37. The molecule has 0 radical (unpaired) electrons. The molecule has 1 aromatic rings. The molecule has 1 atom stereocenters. The van der Waals surface area contributed by atoms with Gasteiger partial charge in [-0.05, 0) is 37.0 Å². The van der Waals surface area contributed by atoms with Crippen molar-refractivity contribution in [1.82, 2.24) is 9.91 Å². The molecule has 0 saturated carbocycles. The average molecular weight is 317 g/mol. The van der Waals surface area contributed by atoms with Gasteiger partial charge < -0.3 is 4.90 Å². The first-order valence-corrected chi connectivity index (χ1v) is 7.90. The van der Waals surface area contributed by atoms with Crippen molar-refractivity contribution in [2.45, 2.75) is 38.1 Å². The van der Waals surface area contributed by atoms with Crippen molar-refractivity contribution in [3.63, 3.8) is 0 Å². The molecule has 2 heterocycles. The Labute approximate surface area is 134 Å². The lowest BCUT2D eigenvalue weighted by atomic mass is 10.0. The Morgan fingerprint density at radius 2 is 2.26 bits per heavy atom. The van der Waals surface area contributed by atoms with E-state index >= 15 is 0 Å². The fourth-order valence-corrected chi connectivity index (χ4v) is 3.28. The Morgan fingerprint density at radius 3 is 2.96 bits per heavy atom. The molecule has 0 bridgehead atoms. The molecule has 1 aromatic carbocycles. The molecule has 6 heteroatoms. The number of hydrogen-bond donors (Lipinski definition) is 0. The predicted molar refractivity (Wildman–Crippen MR) is 84.3 cm³/mol. The molecular formula is C17H20FN3O2. The van der Waals surface area contributed by atoms with Crippen LogP contribution in [0, 0.1) is 5.82 Å². The van der Waals surface area contributed by atoms with Crippen LogP contribution in [-0.2, 0) is 16.0 Å². The Hall–Kier alpha value is -2.24. The first kappa shape index (κ1) is 15.6. The summed E-state index contributed by atoms with van der Waals surface area (Å²) in [6, 6.07) is 6.63. The average Bonchev–Trinajstić information content (AvgIpc) is 3.06. The van der Waals surface area contributed by atoms with Gasteiger partial charge in [-0.2, -0.15) is 5.10 Å². The third-order valence-corrected chi connectivity index (χ3v) is 4.42. The second-order valence-electron chi connectivity index (χ2n) is 6.15. The Bertz CT molecular complexity index is 659. The number of rotatable bonds is 4. The highest BCUT2D eigenvalue weighted by Gasteiger charge is 2.31. The maximum Gasteiger partial charge on any atom is 0.248 e. The number of hydrazone groups is 1. The van der Waals surface area contributed by atoms with Crippen LogP contribution < -0.4 is 0 Å². The molecular weight excluding hydrogens is 297 g/mol. The van der Waals surface area contributed by atoms with Gasteiger partial charge in [-0.15, -0.1) is 0 Å². The number of hydrogen-bond acceptors (Lipinski definition) is 3. The number of benzene rings is 1. The second-order valence-corrected chi connectivity index (χ2v) is 6.15. The quantitative estimate of drug-likeness (QED) is 0.852. The van der Waals surface area contributed by atoms with Crippen LogP contribution in [0.25, 0.3) is 0 Å². The first-order valence-electron chi connectivity index (χ1n) is 7.90. The number of halogens is 1. The Kier molecular flexibility index (Phi) is 4.41. The topological polar surface area (TPSA) is 53.0 Å². The van der Waals surface area contributed by atoms with Crippen LogP contribution in [0.15, 0.2) is 29.4 Å². The zero-order valence-electron chi connectivity index (χ0n) is 13.2. The molecule has 2 aliphatic rings. The van der Waals surface area contributed by atoms with E-state index in [1.165, 1.54) is 17.1 Å². The summed E-state index contributed by atoms with van der Waals surface area (Å²) >= 11 is 0. The van der Waals surface area contributed by atoms with E-state index in [2.05, 4.69) is 5.10 Å². The van der Waals surface area contributed by atoms with E-state index in [9.17, 15) is 14.0 Å². The van der Waals surface area contributed by atoms with Crippen molar-refractivity contribution in [2.24, 2.45) is 5.10 Å². The molecule has 122 valence electrons. The molecule has 1 fully saturated rings. The summed E-state index contributed by atoms with van der Waals surface area (Å²) in [4.78, 5) is 25.9. The predicted octanol–water partition coefficient (Wildman–Crippen LogP) is 1.97. The Balaban J connectivity index is 1.63. The molecule has 0 aliphatic carbocycles. The third-order valence-electron chi connectivity index (χ3n) is 4.42. The minimum Gasteiger partial charge on any atom is -0.339 e. The third kappa shape index (κ3) is 3.57. The van der Waals surface area contributed by atoms with Crippen LogP contribution >= 0.6 is 0 Å². The van der Waals surface area contributed by atoms with E-state index in [4.69, 9.17) is 0 Å². The van der Waals surface area contributed by atoms with Gasteiger partial charge in [-0.1, -0.05) is 12.1 Å². The zero-order chi connectivity index (χ0) is 16.4. The van der Waals surface area contributed by atoms with E-state index in [0.29, 0.717) is 12.1 Å². The van der Waals surface area contributed by atoms with Crippen molar-refractivity contribution in [3.05, 3.63) is 35.6 Å². The van der Waals surface area contributed by atoms with Gasteiger partial charge >= 0.3 is 0 Å². The lowest BCUT2D eigenvalue weighted by Gasteiger charge is -2.25. The van der Waals surface area contributed by atoms with Gasteiger partial charge in [0, 0.05) is 19.6 Å². The summed E-state index contributed by atoms with van der Waals surface area (Å²) in [6.07, 6.45) is 2.96. The summed E-state index contributed by atoms with van der Waals surface area (Å²) in [6.45, 7) is 0.718. The number of amides is 2. The zero-order valence-corrected chi connectivity index (χ0v) is 13.2. The van der Waals surface area contributed by atoms with Gasteiger partial charge in [0.1, 0.15) is 5.82 Å². The summed E-state index contributed by atoms with van der Waals surface area (Å²) in [5, 5.41) is 5.39. The van der Waals surface area contributed by atoms with E-state index in [1.54, 1.807) is 13.1 Å². The maximum atomic E-state index is 13.3. The number of likely N-dealkylation sites (tertiary alicyclic amines) is 1. The highest BCUT2D eigenvalue weighted by atomic mass is 19.1. The Morgan fingerprint density at radius 1 is 1.43 bits per heavy atom. The van der Waals surface area contributed by atoms with Crippen LogP contribution in [0.3, 0.4) is 0 Å². The molecule has 2 amide bonds. The highest BCUT2D eigenvalue weighted by Crippen LogP contribution is 2.23. The normalized spacial score (nSPS) is 21.0. The van der Waals surface area contributed by atoms with Crippen molar-refractivity contribution < 1.29 is 14.0 Å². The summed E-state index contributed by atoms with van der Waals surface area (Å²) in [7, 11) is 1.60. The largest absolute Gasteiger partial charge is 0.339 e. The first-order chi connectivity index (χ1) is 11.0. The lowest BCUT2D eigenvalue weighted by molar-refractivity contribution is -0.130. The number of nitrogens with zero attached hydrogens (tertiary/aromatic N) is 3. The van der Waals surface area contributed by atoms with Crippen LogP contribution in [0.2, 0.25) is 0 Å². The minimum atomic E-state index is -0.250. The van der Waals surface area contributed by atoms with E-state index < -0.39 is 0 Å². The van der Waals surface area contributed by atoms with Crippen LogP contribution in [0.1, 0.15) is 31.2 Å². The molecule has 0 N–H and O–H groups in total. The molecule has 23 heavy (non-hydrogen) atoms. The summed E-state index contributed by atoms with van der Waals surface area (Å²) in [5.74, 6) is -0.323. The highest BCUT2D eigenvalue weighted by molar-refractivity contribution is 6.11. The monoisotopic (exact) mass is 317 g/mol. The van der Waals surface area contributed by atoms with Crippen molar-refractivity contribution in [2.75, 3.05) is 13.6 Å². The fourth-order valence-electron chi connectivity index (χ4n) is 3.28. The molecule has 1 saturated heterocycles. The van der Waals surface area contributed by atoms with Crippen molar-refractivity contribution in [3.8, 4) is 0 Å². The van der Waals surface area contributed by atoms with E-state index in [0.717, 1.165) is 24.9 Å². The van der Waals surface area contributed by atoms with Gasteiger partial charge in [0.2, 0.25) is 11.8 Å². The molecule has 0 spiro atoms. The fraction of sp³-hybridized carbons (Fsp3) is 0.471. The molecule has 3 rings (SSSR count). The minimum absolute atomic E-state index is 0.00533. The van der Waals surface area contributed by atoms with Crippen LogP contribution in [0.5, 0.6) is 0 Å². The van der Waals surface area contributed by atoms with Crippen molar-refractivity contribution >= 4 is 17.5 Å². The van der Waals surface area contributed by atoms with E-state index in [1.807, 2.05) is 11.0 Å². The standard InChI is InChI=1S/C17H20FN3O2/c1-20-16(22)10-14(19-20)11-17(23)21-7-3-6-15(21)9-12-4-2-5-13(18)8-12/h2,4-5,8,15H,3,6-7,9-11H2,1H3/t15-/m1/s1. The molecule has 0 aromatic heterocycles. The smallest absolute Gasteiger partial charge is 0.248 e. The van der Waals surface area contributed by atoms with Gasteiger partial charge in [-0.25, -0.2) is 9.40 Å². The van der Waals surface area contributed by atoms with Crippen molar-refractivity contribution in [1.29, 1.82) is 0 Å². The molecule has 0 unspecified atom stereocenters. The second kappa shape index (κ2) is 6.48. The summed E-state index contributed by atoms with van der Waals surface area (Å²) in [5.41, 5.74) is 1.53. The van der Waals surface area contributed by atoms with Gasteiger partial charge in [0.25, 0.3) is 0 Å². The van der Waals surface area contributed by atoms with E-state index in [-0.39, 0.29) is 36.5 Å². The van der Waals surface area contributed by atoms with Crippen LogP contribution in [0.4, 0.5) is 4.39 Å². The van der Waals surface area contributed by atoms with Gasteiger partial charge in [0.05, 0.1) is 18.6 Å². The van der Waals surface area contributed by atoms with Crippen LogP contribution in [-0.4, -0.2) is 47.1 Å². The number of carbonyl (C=O) groups excluding carboxylic acids is 2. The SMILES string of the molecule is CN1N=C(CC(=O)N2CCC[C@@H]2Cc2cccc(F)c2)CC1=O. The van der Waals surface area contributed by atoms with Gasteiger partial charge in [0.15, 0.2) is 0 Å². The van der Waals surface area contributed by atoms with Gasteiger partial charge in [-0.3, -0.25) is 9.59 Å².